The van der Waals surface area contributed by atoms with Crippen molar-refractivity contribution in [2.45, 2.75) is 46.1 Å². The van der Waals surface area contributed by atoms with Crippen LogP contribution in [0.5, 0.6) is 0 Å². The molecule has 0 heterocycles. The zero-order chi connectivity index (χ0) is 12.1. The van der Waals surface area contributed by atoms with E-state index in [1.54, 1.807) is 6.08 Å². The minimum Gasteiger partial charge on any atom is -0.481 e. The molecule has 3 nitrogen and oxygen atoms in total. The van der Waals surface area contributed by atoms with Gasteiger partial charge in [0.25, 0.3) is 0 Å². The third-order valence-electron chi connectivity index (χ3n) is 5.13. The Morgan fingerprint density at radius 1 is 1.50 bits per heavy atom. The van der Waals surface area contributed by atoms with Crippen molar-refractivity contribution in [3.05, 3.63) is 11.6 Å². The molecule has 2 aliphatic rings. The van der Waals surface area contributed by atoms with E-state index in [0.717, 1.165) is 18.4 Å². The minimum atomic E-state index is -0.828. The fourth-order valence-electron chi connectivity index (χ4n) is 3.62. The van der Waals surface area contributed by atoms with E-state index in [0.29, 0.717) is 5.92 Å². The lowest BCUT2D eigenvalue weighted by molar-refractivity contribution is -0.136. The largest absolute Gasteiger partial charge is 0.481 e. The van der Waals surface area contributed by atoms with Crippen LogP contribution in [0.15, 0.2) is 11.6 Å². The summed E-state index contributed by atoms with van der Waals surface area (Å²) < 4.78 is 0. The van der Waals surface area contributed by atoms with Crippen LogP contribution in [0.4, 0.5) is 0 Å². The third-order valence-corrected chi connectivity index (χ3v) is 5.13. The Morgan fingerprint density at radius 3 is 2.56 bits per heavy atom. The lowest BCUT2D eigenvalue weighted by Gasteiger charge is -2.36. The smallest absolute Gasteiger partial charge is 0.307 e. The Morgan fingerprint density at radius 2 is 2.12 bits per heavy atom. The quantitative estimate of drug-likeness (QED) is 0.707. The fraction of sp³-hybridized carbons (Fsp3) is 0.769. The van der Waals surface area contributed by atoms with Crippen LogP contribution in [-0.2, 0) is 4.79 Å². The molecule has 3 atom stereocenters. The first-order valence-electron chi connectivity index (χ1n) is 5.90. The van der Waals surface area contributed by atoms with E-state index in [4.69, 9.17) is 5.11 Å². The number of aliphatic hydroxyl groups excluding tert-OH is 1. The Bertz CT molecular complexity index is 356. The molecule has 0 aliphatic heterocycles. The molecule has 0 spiro atoms. The van der Waals surface area contributed by atoms with Crippen molar-refractivity contribution in [1.82, 2.24) is 0 Å². The average Bonchev–Trinajstić information content (AvgIpc) is 2.47. The van der Waals surface area contributed by atoms with Gasteiger partial charge in [-0.3, -0.25) is 4.79 Å². The summed E-state index contributed by atoms with van der Waals surface area (Å²) in [7, 11) is 0. The minimum absolute atomic E-state index is 0.0229. The number of rotatable bonds is 2. The standard InChI is InChI=1S/C13H20O3/c1-12(2)9-6-7-13(12,3)11(16)8(9)4-5-10(14)15/h4,9,11,16H,5-7H2,1-3H3,(H,14,15)/b8-4-. The first-order chi connectivity index (χ1) is 7.30. The number of carbonyl (C=O) groups is 1. The molecule has 2 aliphatic carbocycles. The van der Waals surface area contributed by atoms with Crippen LogP contribution in [0.1, 0.15) is 40.0 Å². The second-order valence-electron chi connectivity index (χ2n) is 5.93. The maximum atomic E-state index is 10.6. The van der Waals surface area contributed by atoms with E-state index in [-0.39, 0.29) is 17.3 Å². The van der Waals surface area contributed by atoms with Gasteiger partial charge < -0.3 is 10.2 Å². The fourth-order valence-corrected chi connectivity index (χ4v) is 3.62. The molecule has 16 heavy (non-hydrogen) atoms. The van der Waals surface area contributed by atoms with Crippen molar-refractivity contribution in [2.24, 2.45) is 16.7 Å². The lowest BCUT2D eigenvalue weighted by atomic mass is 9.70. The third kappa shape index (κ3) is 1.27. The van der Waals surface area contributed by atoms with Crippen molar-refractivity contribution in [2.75, 3.05) is 0 Å². The van der Waals surface area contributed by atoms with Crippen LogP contribution in [0.25, 0.3) is 0 Å². The molecule has 90 valence electrons. The normalized spacial score (nSPS) is 42.9. The average molecular weight is 224 g/mol. The van der Waals surface area contributed by atoms with Crippen LogP contribution < -0.4 is 0 Å². The molecule has 0 aromatic carbocycles. The van der Waals surface area contributed by atoms with Crippen LogP contribution >= 0.6 is 0 Å². The first kappa shape index (κ1) is 11.6. The lowest BCUT2D eigenvalue weighted by Crippen LogP contribution is -2.35. The van der Waals surface area contributed by atoms with Gasteiger partial charge in [-0.15, -0.1) is 0 Å². The molecule has 2 fully saturated rings. The molecule has 0 amide bonds. The summed E-state index contributed by atoms with van der Waals surface area (Å²) in [5.74, 6) is -0.475. The summed E-state index contributed by atoms with van der Waals surface area (Å²) in [5, 5.41) is 19.0. The molecule has 0 saturated heterocycles. The molecule has 2 saturated carbocycles. The Kier molecular flexibility index (Phi) is 2.42. The van der Waals surface area contributed by atoms with Gasteiger partial charge in [-0.25, -0.2) is 0 Å². The predicted molar refractivity (Wildman–Crippen MR) is 61.0 cm³/mol. The highest BCUT2D eigenvalue weighted by atomic mass is 16.4. The summed E-state index contributed by atoms with van der Waals surface area (Å²) >= 11 is 0. The van der Waals surface area contributed by atoms with E-state index in [2.05, 4.69) is 20.8 Å². The van der Waals surface area contributed by atoms with Crippen LogP contribution in [0, 0.1) is 16.7 Å². The molecule has 0 aromatic rings. The van der Waals surface area contributed by atoms with Crippen molar-refractivity contribution in [3.8, 4) is 0 Å². The molecule has 2 rings (SSSR count). The number of hydrogen-bond donors (Lipinski definition) is 2. The number of hydrogen-bond acceptors (Lipinski definition) is 2. The summed E-state index contributed by atoms with van der Waals surface area (Å²) in [4.78, 5) is 10.6. The SMILES string of the molecule is CC1(C)C2CCC1(C)C(O)/C2=C\CC(=O)O. The van der Waals surface area contributed by atoms with Gasteiger partial charge in [0.15, 0.2) is 0 Å². The second kappa shape index (κ2) is 3.33. The Labute approximate surface area is 96.2 Å². The number of aliphatic hydroxyl groups is 1. The van der Waals surface area contributed by atoms with Gasteiger partial charge in [-0.2, -0.15) is 0 Å². The molecule has 2 bridgehead atoms. The monoisotopic (exact) mass is 224 g/mol. The van der Waals surface area contributed by atoms with Gasteiger partial charge >= 0.3 is 5.97 Å². The number of carboxylic acid groups (broad SMARTS) is 1. The Balaban J connectivity index is 2.33. The van der Waals surface area contributed by atoms with Gasteiger partial charge in [-0.1, -0.05) is 26.8 Å². The van der Waals surface area contributed by atoms with Crippen LogP contribution in [0.2, 0.25) is 0 Å². The molecule has 0 radical (unpaired) electrons. The van der Waals surface area contributed by atoms with E-state index in [1.807, 2.05) is 0 Å². The molecule has 3 unspecified atom stereocenters. The topological polar surface area (TPSA) is 57.5 Å². The van der Waals surface area contributed by atoms with E-state index >= 15 is 0 Å². The molecular formula is C13H20O3. The van der Waals surface area contributed by atoms with Crippen molar-refractivity contribution < 1.29 is 15.0 Å². The van der Waals surface area contributed by atoms with Crippen molar-refractivity contribution in [3.63, 3.8) is 0 Å². The van der Waals surface area contributed by atoms with Gasteiger partial charge in [0.2, 0.25) is 0 Å². The maximum Gasteiger partial charge on any atom is 0.307 e. The Hall–Kier alpha value is -0.830. The molecule has 3 heteroatoms. The zero-order valence-corrected chi connectivity index (χ0v) is 10.2. The number of aliphatic carboxylic acids is 1. The number of carboxylic acids is 1. The van der Waals surface area contributed by atoms with Crippen molar-refractivity contribution in [1.29, 1.82) is 0 Å². The summed E-state index contributed by atoms with van der Waals surface area (Å²) in [6.07, 6.45) is 3.40. The van der Waals surface area contributed by atoms with Gasteiger partial charge in [-0.05, 0) is 29.7 Å². The van der Waals surface area contributed by atoms with Crippen molar-refractivity contribution >= 4 is 5.97 Å². The number of fused-ring (bicyclic) bond motifs is 2. The molecule has 2 N–H and O–H groups in total. The molecule has 0 aromatic heterocycles. The maximum absolute atomic E-state index is 10.6. The predicted octanol–water partition coefficient (Wildman–Crippen LogP) is 2.20. The van der Waals surface area contributed by atoms with Gasteiger partial charge in [0.05, 0.1) is 12.5 Å². The first-order valence-corrected chi connectivity index (χ1v) is 5.90. The highest BCUT2D eigenvalue weighted by Crippen LogP contribution is 2.67. The highest BCUT2D eigenvalue weighted by molar-refractivity contribution is 5.69. The van der Waals surface area contributed by atoms with E-state index in [9.17, 15) is 9.90 Å². The van der Waals surface area contributed by atoms with E-state index < -0.39 is 12.1 Å². The van der Waals surface area contributed by atoms with Crippen LogP contribution in [-0.4, -0.2) is 22.3 Å². The van der Waals surface area contributed by atoms with Gasteiger partial charge in [0.1, 0.15) is 0 Å². The molecular weight excluding hydrogens is 204 g/mol. The zero-order valence-electron chi connectivity index (χ0n) is 10.2. The van der Waals surface area contributed by atoms with Gasteiger partial charge in [0, 0.05) is 5.41 Å². The van der Waals surface area contributed by atoms with E-state index in [1.165, 1.54) is 0 Å². The summed E-state index contributed by atoms with van der Waals surface area (Å²) in [5.41, 5.74) is 0.958. The second-order valence-corrected chi connectivity index (χ2v) is 5.93. The highest BCUT2D eigenvalue weighted by Gasteiger charge is 2.63. The summed E-state index contributed by atoms with van der Waals surface area (Å²) in [6.45, 7) is 6.50. The van der Waals surface area contributed by atoms with Crippen LogP contribution in [0.3, 0.4) is 0 Å². The summed E-state index contributed by atoms with van der Waals surface area (Å²) in [6, 6.07) is 0.